The molecule has 0 bridgehead atoms. The SMILES string of the molecule is Cc1cc(C)n(-c2ncncc2F)n1. The fourth-order valence-corrected chi connectivity index (χ4v) is 1.31. The van der Waals surface area contributed by atoms with Gasteiger partial charge in [0.1, 0.15) is 6.33 Å². The molecule has 0 radical (unpaired) electrons. The molecule has 2 aromatic rings. The Kier molecular flexibility index (Phi) is 1.99. The quantitative estimate of drug-likeness (QED) is 0.686. The summed E-state index contributed by atoms with van der Waals surface area (Å²) in [6.45, 7) is 3.70. The van der Waals surface area contributed by atoms with Crippen LogP contribution in [-0.4, -0.2) is 19.7 Å². The lowest BCUT2D eigenvalue weighted by Gasteiger charge is -2.02. The third-order valence-corrected chi connectivity index (χ3v) is 1.86. The van der Waals surface area contributed by atoms with Crippen LogP contribution >= 0.6 is 0 Å². The largest absolute Gasteiger partial charge is 0.242 e. The molecular formula is C9H9FN4. The van der Waals surface area contributed by atoms with Gasteiger partial charge >= 0.3 is 0 Å². The van der Waals surface area contributed by atoms with Crippen LogP contribution in [0.4, 0.5) is 4.39 Å². The van der Waals surface area contributed by atoms with Crippen molar-refractivity contribution in [2.24, 2.45) is 0 Å². The second kappa shape index (κ2) is 3.17. The third kappa shape index (κ3) is 1.37. The minimum Gasteiger partial charge on any atom is -0.242 e. The Morgan fingerprint density at radius 3 is 2.71 bits per heavy atom. The van der Waals surface area contributed by atoms with Crippen molar-refractivity contribution in [3.8, 4) is 5.82 Å². The zero-order valence-electron chi connectivity index (χ0n) is 7.90. The van der Waals surface area contributed by atoms with Crippen molar-refractivity contribution >= 4 is 0 Å². The lowest BCUT2D eigenvalue weighted by atomic mass is 10.4. The lowest BCUT2D eigenvalue weighted by Crippen LogP contribution is -2.05. The van der Waals surface area contributed by atoms with E-state index >= 15 is 0 Å². The fourth-order valence-electron chi connectivity index (χ4n) is 1.31. The Morgan fingerprint density at radius 2 is 2.14 bits per heavy atom. The molecule has 2 aromatic heterocycles. The number of hydrogen-bond acceptors (Lipinski definition) is 3. The third-order valence-electron chi connectivity index (χ3n) is 1.86. The number of aryl methyl sites for hydroxylation is 2. The van der Waals surface area contributed by atoms with Gasteiger partial charge in [-0.1, -0.05) is 0 Å². The molecule has 0 saturated heterocycles. The van der Waals surface area contributed by atoms with Crippen LogP contribution in [0.25, 0.3) is 5.82 Å². The zero-order chi connectivity index (χ0) is 10.1. The normalized spacial score (nSPS) is 10.5. The van der Waals surface area contributed by atoms with E-state index < -0.39 is 5.82 Å². The van der Waals surface area contributed by atoms with Gasteiger partial charge in [-0.15, -0.1) is 0 Å². The van der Waals surface area contributed by atoms with Crippen molar-refractivity contribution in [2.45, 2.75) is 13.8 Å². The molecule has 4 nitrogen and oxygen atoms in total. The van der Waals surface area contributed by atoms with Gasteiger partial charge in [-0.2, -0.15) is 5.10 Å². The second-order valence-electron chi connectivity index (χ2n) is 3.03. The number of rotatable bonds is 1. The first-order chi connectivity index (χ1) is 6.68. The van der Waals surface area contributed by atoms with E-state index in [0.29, 0.717) is 0 Å². The predicted molar refractivity (Wildman–Crippen MR) is 48.6 cm³/mol. The van der Waals surface area contributed by atoms with Crippen LogP contribution in [0.2, 0.25) is 0 Å². The van der Waals surface area contributed by atoms with Gasteiger partial charge in [0.05, 0.1) is 11.9 Å². The highest BCUT2D eigenvalue weighted by molar-refractivity contribution is 5.25. The van der Waals surface area contributed by atoms with Gasteiger partial charge in [0.25, 0.3) is 0 Å². The van der Waals surface area contributed by atoms with Crippen LogP contribution in [0.3, 0.4) is 0 Å². The number of halogens is 1. The van der Waals surface area contributed by atoms with Crippen LogP contribution in [0.1, 0.15) is 11.4 Å². The van der Waals surface area contributed by atoms with Gasteiger partial charge in [-0.3, -0.25) is 0 Å². The number of aromatic nitrogens is 4. The minimum absolute atomic E-state index is 0.186. The highest BCUT2D eigenvalue weighted by Crippen LogP contribution is 2.11. The molecule has 0 aliphatic rings. The first-order valence-electron chi connectivity index (χ1n) is 4.17. The highest BCUT2D eigenvalue weighted by atomic mass is 19.1. The van der Waals surface area contributed by atoms with Crippen LogP contribution in [0, 0.1) is 19.7 Å². The smallest absolute Gasteiger partial charge is 0.193 e. The summed E-state index contributed by atoms with van der Waals surface area (Å²) in [6, 6.07) is 1.86. The van der Waals surface area contributed by atoms with Gasteiger partial charge < -0.3 is 0 Å². The predicted octanol–water partition coefficient (Wildman–Crippen LogP) is 1.42. The summed E-state index contributed by atoms with van der Waals surface area (Å²) in [5.41, 5.74) is 1.68. The molecule has 14 heavy (non-hydrogen) atoms. The first kappa shape index (κ1) is 8.80. The summed E-state index contributed by atoms with van der Waals surface area (Å²) in [5, 5.41) is 4.13. The van der Waals surface area contributed by atoms with E-state index in [2.05, 4.69) is 15.1 Å². The average Bonchev–Trinajstić information content (AvgIpc) is 2.46. The van der Waals surface area contributed by atoms with E-state index in [0.717, 1.165) is 17.6 Å². The Balaban J connectivity index is 2.60. The Labute approximate surface area is 80.4 Å². The second-order valence-corrected chi connectivity index (χ2v) is 3.03. The van der Waals surface area contributed by atoms with E-state index in [4.69, 9.17) is 0 Å². The van der Waals surface area contributed by atoms with E-state index in [1.165, 1.54) is 11.0 Å². The summed E-state index contributed by atoms with van der Waals surface area (Å²) in [5.74, 6) is -0.288. The molecular weight excluding hydrogens is 183 g/mol. The lowest BCUT2D eigenvalue weighted by molar-refractivity contribution is 0.589. The number of nitrogens with zero attached hydrogens (tertiary/aromatic N) is 4. The monoisotopic (exact) mass is 192 g/mol. The van der Waals surface area contributed by atoms with E-state index in [9.17, 15) is 4.39 Å². The molecule has 72 valence electrons. The van der Waals surface area contributed by atoms with Gasteiger partial charge in [-0.25, -0.2) is 19.0 Å². The molecule has 0 spiro atoms. The van der Waals surface area contributed by atoms with E-state index in [1.807, 2.05) is 19.9 Å². The van der Waals surface area contributed by atoms with Crippen LogP contribution in [0.5, 0.6) is 0 Å². The molecule has 2 heterocycles. The topological polar surface area (TPSA) is 43.6 Å². The molecule has 5 heteroatoms. The van der Waals surface area contributed by atoms with Crippen LogP contribution in [-0.2, 0) is 0 Å². The van der Waals surface area contributed by atoms with Crippen LogP contribution < -0.4 is 0 Å². The molecule has 2 rings (SSSR count). The summed E-state index contributed by atoms with van der Waals surface area (Å²) in [7, 11) is 0. The van der Waals surface area contributed by atoms with Crippen molar-refractivity contribution in [1.29, 1.82) is 0 Å². The summed E-state index contributed by atoms with van der Waals surface area (Å²) in [4.78, 5) is 7.42. The maximum absolute atomic E-state index is 13.3. The molecule has 0 aromatic carbocycles. The Hall–Kier alpha value is -1.78. The van der Waals surface area contributed by atoms with Gasteiger partial charge in [-0.05, 0) is 19.9 Å². The van der Waals surface area contributed by atoms with Crippen molar-refractivity contribution in [2.75, 3.05) is 0 Å². The minimum atomic E-state index is -0.473. The maximum atomic E-state index is 13.3. The van der Waals surface area contributed by atoms with Gasteiger partial charge in [0.15, 0.2) is 11.6 Å². The summed E-state index contributed by atoms with van der Waals surface area (Å²) >= 11 is 0. The molecule has 0 unspecified atom stereocenters. The zero-order valence-corrected chi connectivity index (χ0v) is 7.90. The van der Waals surface area contributed by atoms with Crippen LogP contribution in [0.15, 0.2) is 18.6 Å². The van der Waals surface area contributed by atoms with E-state index in [-0.39, 0.29) is 5.82 Å². The van der Waals surface area contributed by atoms with E-state index in [1.54, 1.807) is 0 Å². The van der Waals surface area contributed by atoms with Gasteiger partial charge in [0, 0.05) is 5.69 Å². The van der Waals surface area contributed by atoms with Gasteiger partial charge in [0.2, 0.25) is 0 Å². The van der Waals surface area contributed by atoms with Crippen molar-refractivity contribution in [3.63, 3.8) is 0 Å². The molecule has 0 aliphatic carbocycles. The fraction of sp³-hybridized carbons (Fsp3) is 0.222. The maximum Gasteiger partial charge on any atom is 0.193 e. The molecule has 0 saturated carbocycles. The first-order valence-corrected chi connectivity index (χ1v) is 4.17. The van der Waals surface area contributed by atoms with Crippen molar-refractivity contribution < 1.29 is 4.39 Å². The molecule has 0 aliphatic heterocycles. The average molecular weight is 192 g/mol. The standard InChI is InChI=1S/C9H9FN4/c1-6-3-7(2)14(13-6)9-8(10)4-11-5-12-9/h3-5H,1-2H3. The summed E-state index contributed by atoms with van der Waals surface area (Å²) < 4.78 is 14.7. The Morgan fingerprint density at radius 1 is 1.36 bits per heavy atom. The molecule has 0 atom stereocenters. The Bertz CT molecular complexity index is 464. The molecule has 0 fully saturated rings. The molecule has 0 N–H and O–H groups in total. The van der Waals surface area contributed by atoms with Crippen molar-refractivity contribution in [1.82, 2.24) is 19.7 Å². The highest BCUT2D eigenvalue weighted by Gasteiger charge is 2.09. The number of hydrogen-bond donors (Lipinski definition) is 0. The van der Waals surface area contributed by atoms with Crippen molar-refractivity contribution in [3.05, 3.63) is 35.8 Å². The summed E-state index contributed by atoms with van der Waals surface area (Å²) in [6.07, 6.45) is 2.42. The molecule has 0 amide bonds.